The van der Waals surface area contributed by atoms with Gasteiger partial charge in [0.2, 0.25) is 0 Å². The van der Waals surface area contributed by atoms with Crippen LogP contribution >= 0.6 is 27.3 Å². The second kappa shape index (κ2) is 7.42. The van der Waals surface area contributed by atoms with E-state index in [-0.39, 0.29) is 12.1 Å². The average Bonchev–Trinajstić information content (AvgIpc) is 3.25. The van der Waals surface area contributed by atoms with Crippen molar-refractivity contribution >= 4 is 48.3 Å². The van der Waals surface area contributed by atoms with Crippen molar-refractivity contribution in [1.82, 2.24) is 19.6 Å². The van der Waals surface area contributed by atoms with E-state index in [1.165, 1.54) is 5.56 Å². The highest BCUT2D eigenvalue weighted by atomic mass is 79.9. The van der Waals surface area contributed by atoms with E-state index in [2.05, 4.69) is 49.5 Å². The fraction of sp³-hybridized carbons (Fsp3) is 0.350. The van der Waals surface area contributed by atoms with Gasteiger partial charge in [-0.05, 0) is 58.6 Å². The van der Waals surface area contributed by atoms with Gasteiger partial charge >= 0.3 is 0 Å². The molecule has 0 radical (unpaired) electrons. The van der Waals surface area contributed by atoms with Crippen molar-refractivity contribution in [2.75, 3.05) is 5.32 Å². The van der Waals surface area contributed by atoms with E-state index in [9.17, 15) is 5.11 Å². The van der Waals surface area contributed by atoms with Gasteiger partial charge in [-0.2, -0.15) is 5.10 Å². The van der Waals surface area contributed by atoms with Crippen LogP contribution in [0, 0.1) is 0 Å². The molecule has 8 heteroatoms. The molecule has 1 saturated carbocycles. The number of nitrogens with one attached hydrogen (secondary N) is 1. The molecule has 1 fully saturated rings. The third-order valence-corrected chi connectivity index (χ3v) is 6.59. The van der Waals surface area contributed by atoms with Gasteiger partial charge in [0.15, 0.2) is 10.8 Å². The zero-order valence-corrected chi connectivity index (χ0v) is 17.6. The van der Waals surface area contributed by atoms with Crippen molar-refractivity contribution in [3.8, 4) is 0 Å². The molecule has 28 heavy (non-hydrogen) atoms. The normalized spacial score (nSPS) is 20.1. The molecule has 0 spiro atoms. The zero-order valence-electron chi connectivity index (χ0n) is 15.2. The maximum atomic E-state index is 10.2. The Labute approximate surface area is 174 Å². The number of aromatic nitrogens is 4. The lowest BCUT2D eigenvalue weighted by Gasteiger charge is -2.27. The Kier molecular flexibility index (Phi) is 4.78. The SMILES string of the molecule is OC1CCCCC1Nc1nc2ccc(Cc3cn4nc(Br)ccc4n3)cc2s1. The van der Waals surface area contributed by atoms with Gasteiger partial charge in [-0.3, -0.25) is 0 Å². The molecule has 3 aromatic heterocycles. The summed E-state index contributed by atoms with van der Waals surface area (Å²) in [5.74, 6) is 0. The molecule has 2 atom stereocenters. The van der Waals surface area contributed by atoms with Crippen molar-refractivity contribution < 1.29 is 5.11 Å². The van der Waals surface area contributed by atoms with Crippen LogP contribution in [-0.2, 0) is 6.42 Å². The molecular formula is C20H20BrN5OS. The number of thiazole rings is 1. The molecule has 1 aliphatic carbocycles. The summed E-state index contributed by atoms with van der Waals surface area (Å²) in [4.78, 5) is 9.34. The number of aliphatic hydroxyl groups excluding tert-OH is 1. The molecule has 6 nitrogen and oxygen atoms in total. The van der Waals surface area contributed by atoms with Gasteiger partial charge in [-0.1, -0.05) is 30.2 Å². The first-order valence-electron chi connectivity index (χ1n) is 9.49. The summed E-state index contributed by atoms with van der Waals surface area (Å²) >= 11 is 5.04. The first-order chi connectivity index (χ1) is 13.6. The van der Waals surface area contributed by atoms with Crippen LogP contribution in [-0.4, -0.2) is 36.8 Å². The van der Waals surface area contributed by atoms with Crippen LogP contribution in [0.4, 0.5) is 5.13 Å². The minimum absolute atomic E-state index is 0.110. The van der Waals surface area contributed by atoms with Crippen molar-refractivity contribution in [3.05, 3.63) is 52.4 Å². The molecule has 1 aromatic carbocycles. The van der Waals surface area contributed by atoms with Crippen molar-refractivity contribution in [2.24, 2.45) is 0 Å². The predicted octanol–water partition coefficient (Wildman–Crippen LogP) is 4.41. The molecule has 0 saturated heterocycles. The quantitative estimate of drug-likeness (QED) is 0.474. The summed E-state index contributed by atoms with van der Waals surface area (Å²) in [6.45, 7) is 0. The Hall–Kier alpha value is -2.03. The van der Waals surface area contributed by atoms with Crippen molar-refractivity contribution in [3.63, 3.8) is 0 Å². The molecular weight excluding hydrogens is 438 g/mol. The van der Waals surface area contributed by atoms with Crippen LogP contribution in [0.3, 0.4) is 0 Å². The van der Waals surface area contributed by atoms with Crippen molar-refractivity contribution in [2.45, 2.75) is 44.2 Å². The lowest BCUT2D eigenvalue weighted by atomic mass is 9.93. The van der Waals surface area contributed by atoms with Crippen LogP contribution in [0.15, 0.2) is 41.1 Å². The molecule has 0 aliphatic heterocycles. The first kappa shape index (κ1) is 18.0. The summed E-state index contributed by atoms with van der Waals surface area (Å²) in [6.07, 6.45) is 6.58. The maximum Gasteiger partial charge on any atom is 0.184 e. The first-order valence-corrected chi connectivity index (χ1v) is 11.1. The molecule has 4 aromatic rings. The molecule has 5 rings (SSSR count). The number of benzene rings is 1. The van der Waals surface area contributed by atoms with Gasteiger partial charge in [0, 0.05) is 6.42 Å². The highest BCUT2D eigenvalue weighted by Crippen LogP contribution is 2.30. The van der Waals surface area contributed by atoms with Gasteiger partial charge in [0.25, 0.3) is 0 Å². The van der Waals surface area contributed by atoms with Gasteiger partial charge < -0.3 is 10.4 Å². The maximum absolute atomic E-state index is 10.2. The number of hydrogen-bond acceptors (Lipinski definition) is 6. The Morgan fingerprint density at radius 2 is 2.07 bits per heavy atom. The molecule has 2 N–H and O–H groups in total. The van der Waals surface area contributed by atoms with Gasteiger partial charge in [-0.25, -0.2) is 14.5 Å². The Morgan fingerprint density at radius 3 is 2.96 bits per heavy atom. The number of aliphatic hydroxyl groups is 1. The fourth-order valence-corrected chi connectivity index (χ4v) is 5.08. The fourth-order valence-electron chi connectivity index (χ4n) is 3.78. The Bertz CT molecular complexity index is 1140. The molecule has 0 amide bonds. The van der Waals surface area contributed by atoms with Gasteiger partial charge in [0.1, 0.15) is 4.60 Å². The number of hydrogen-bond donors (Lipinski definition) is 2. The lowest BCUT2D eigenvalue weighted by molar-refractivity contribution is 0.116. The third kappa shape index (κ3) is 3.64. The van der Waals surface area contributed by atoms with E-state index in [0.29, 0.717) is 0 Å². The second-order valence-corrected chi connectivity index (χ2v) is 9.13. The number of anilines is 1. The second-order valence-electron chi connectivity index (χ2n) is 7.29. The number of imidazole rings is 1. The van der Waals surface area contributed by atoms with Crippen LogP contribution < -0.4 is 5.32 Å². The van der Waals surface area contributed by atoms with Crippen LogP contribution in [0.2, 0.25) is 0 Å². The van der Waals surface area contributed by atoms with E-state index in [1.807, 2.05) is 18.3 Å². The number of rotatable bonds is 4. The summed E-state index contributed by atoms with van der Waals surface area (Å²) < 4.78 is 3.73. The van der Waals surface area contributed by atoms with Crippen LogP contribution in [0.1, 0.15) is 36.9 Å². The topological polar surface area (TPSA) is 75.3 Å². The predicted molar refractivity (Wildman–Crippen MR) is 115 cm³/mol. The van der Waals surface area contributed by atoms with E-state index >= 15 is 0 Å². The molecule has 0 bridgehead atoms. The van der Waals surface area contributed by atoms with E-state index < -0.39 is 0 Å². The Balaban J connectivity index is 1.36. The van der Waals surface area contributed by atoms with Crippen LogP contribution in [0.5, 0.6) is 0 Å². The van der Waals surface area contributed by atoms with Crippen LogP contribution in [0.25, 0.3) is 15.9 Å². The highest BCUT2D eigenvalue weighted by Gasteiger charge is 2.23. The van der Waals surface area contributed by atoms with Crippen molar-refractivity contribution in [1.29, 1.82) is 0 Å². The molecule has 3 heterocycles. The molecule has 1 aliphatic rings. The highest BCUT2D eigenvalue weighted by molar-refractivity contribution is 9.10. The monoisotopic (exact) mass is 457 g/mol. The summed E-state index contributed by atoms with van der Waals surface area (Å²) in [6, 6.07) is 10.3. The van der Waals surface area contributed by atoms with Gasteiger partial charge in [-0.15, -0.1) is 0 Å². The van der Waals surface area contributed by atoms with Gasteiger partial charge in [0.05, 0.1) is 34.3 Å². The summed E-state index contributed by atoms with van der Waals surface area (Å²) in [5, 5.41) is 18.9. The lowest BCUT2D eigenvalue weighted by Crippen LogP contribution is -2.36. The largest absolute Gasteiger partial charge is 0.391 e. The zero-order chi connectivity index (χ0) is 19.1. The van der Waals surface area contributed by atoms with E-state index in [0.717, 1.165) is 63.4 Å². The standard InChI is InChI=1S/C20H20BrN5OS/c21-18-7-8-19-22-13(11-26(19)25-18)9-12-5-6-15-17(10-12)28-20(24-15)23-14-3-1-2-4-16(14)27/h5-8,10-11,14,16,27H,1-4,9H2,(H,23,24). The smallest absolute Gasteiger partial charge is 0.184 e. The number of fused-ring (bicyclic) bond motifs is 2. The third-order valence-electron chi connectivity index (χ3n) is 5.21. The molecule has 144 valence electrons. The minimum Gasteiger partial charge on any atom is -0.391 e. The van der Waals surface area contributed by atoms with E-state index in [4.69, 9.17) is 4.98 Å². The molecule has 2 unspecified atom stereocenters. The number of halogens is 1. The minimum atomic E-state index is -0.278. The summed E-state index contributed by atoms with van der Waals surface area (Å²) in [5.41, 5.74) is 4.01. The number of nitrogens with zero attached hydrogens (tertiary/aromatic N) is 4. The Morgan fingerprint density at radius 1 is 1.18 bits per heavy atom. The summed E-state index contributed by atoms with van der Waals surface area (Å²) in [7, 11) is 0. The average molecular weight is 458 g/mol. The van der Waals surface area contributed by atoms with E-state index in [1.54, 1.807) is 15.9 Å².